The molecule has 7 nitrogen and oxygen atoms in total. The number of nitrogens with zero attached hydrogens (tertiary/aromatic N) is 2. The standard InChI is InChI=1S/C21H26N4O3/c1-13(2)11-18(19(22)26)24-20(27)17-9-8-16(14-6-7-14)21(25-17)28-12-15-5-3-4-10-23-15/h3-5,8-10,13-14,18H,6-7,11-12H2,1-2H3,(H2,22,26)(H,24,27)/t18-/m0/s1. The number of rotatable bonds is 9. The average Bonchev–Trinajstić information content (AvgIpc) is 3.51. The van der Waals surface area contributed by atoms with E-state index in [9.17, 15) is 9.59 Å². The van der Waals surface area contributed by atoms with Gasteiger partial charge in [-0.3, -0.25) is 14.6 Å². The van der Waals surface area contributed by atoms with Crippen LogP contribution in [-0.4, -0.2) is 27.8 Å². The van der Waals surface area contributed by atoms with E-state index < -0.39 is 17.9 Å². The van der Waals surface area contributed by atoms with Crippen molar-refractivity contribution in [2.24, 2.45) is 11.7 Å². The van der Waals surface area contributed by atoms with Crippen molar-refractivity contribution in [1.29, 1.82) is 0 Å². The zero-order valence-electron chi connectivity index (χ0n) is 16.2. The Morgan fingerprint density at radius 3 is 2.64 bits per heavy atom. The van der Waals surface area contributed by atoms with Gasteiger partial charge in [0.2, 0.25) is 11.8 Å². The topological polar surface area (TPSA) is 107 Å². The van der Waals surface area contributed by atoms with Crippen molar-refractivity contribution in [1.82, 2.24) is 15.3 Å². The van der Waals surface area contributed by atoms with E-state index in [0.717, 1.165) is 24.1 Å². The van der Waals surface area contributed by atoms with Gasteiger partial charge in [-0.05, 0) is 49.3 Å². The minimum atomic E-state index is -0.727. The number of nitrogens with two attached hydrogens (primary N) is 1. The quantitative estimate of drug-likeness (QED) is 0.693. The van der Waals surface area contributed by atoms with Gasteiger partial charge in [0, 0.05) is 11.8 Å². The van der Waals surface area contributed by atoms with E-state index in [2.05, 4.69) is 15.3 Å². The largest absolute Gasteiger partial charge is 0.471 e. The van der Waals surface area contributed by atoms with Crippen molar-refractivity contribution in [3.8, 4) is 5.88 Å². The first kappa shape index (κ1) is 19.8. The predicted octanol–water partition coefficient (Wildman–Crippen LogP) is 2.56. The van der Waals surface area contributed by atoms with Crippen LogP contribution in [0.5, 0.6) is 5.88 Å². The fraction of sp³-hybridized carbons (Fsp3) is 0.429. The molecule has 3 rings (SSSR count). The maximum atomic E-state index is 12.6. The molecular formula is C21H26N4O3. The maximum absolute atomic E-state index is 12.6. The van der Waals surface area contributed by atoms with Crippen molar-refractivity contribution >= 4 is 11.8 Å². The van der Waals surface area contributed by atoms with Gasteiger partial charge < -0.3 is 15.8 Å². The Balaban J connectivity index is 1.75. The third-order valence-corrected chi connectivity index (χ3v) is 4.58. The van der Waals surface area contributed by atoms with E-state index in [1.165, 1.54) is 0 Å². The van der Waals surface area contributed by atoms with E-state index in [4.69, 9.17) is 10.5 Å². The molecular weight excluding hydrogens is 356 g/mol. The molecule has 0 aromatic carbocycles. The monoisotopic (exact) mass is 382 g/mol. The summed E-state index contributed by atoms with van der Waals surface area (Å²) in [6.45, 7) is 4.21. The van der Waals surface area contributed by atoms with Crippen LogP contribution in [0, 0.1) is 5.92 Å². The lowest BCUT2D eigenvalue weighted by Gasteiger charge is -2.18. The van der Waals surface area contributed by atoms with Gasteiger partial charge in [0.25, 0.3) is 5.91 Å². The van der Waals surface area contributed by atoms with Gasteiger partial charge in [-0.15, -0.1) is 0 Å². The SMILES string of the molecule is CC(C)C[C@H](NC(=O)c1ccc(C2CC2)c(OCc2ccccn2)n1)C(N)=O. The molecule has 3 N–H and O–H groups in total. The van der Waals surface area contributed by atoms with Crippen molar-refractivity contribution < 1.29 is 14.3 Å². The number of amides is 2. The molecule has 0 bridgehead atoms. The normalized spacial score (nSPS) is 14.5. The van der Waals surface area contributed by atoms with Crippen LogP contribution >= 0.6 is 0 Å². The fourth-order valence-corrected chi connectivity index (χ4v) is 2.97. The van der Waals surface area contributed by atoms with Gasteiger partial charge in [0.05, 0.1) is 5.69 Å². The van der Waals surface area contributed by atoms with Gasteiger partial charge in [0.15, 0.2) is 0 Å². The summed E-state index contributed by atoms with van der Waals surface area (Å²) in [5, 5.41) is 2.69. The van der Waals surface area contributed by atoms with E-state index in [-0.39, 0.29) is 18.2 Å². The molecule has 7 heteroatoms. The molecule has 0 aliphatic heterocycles. The van der Waals surface area contributed by atoms with Gasteiger partial charge in [-0.25, -0.2) is 4.98 Å². The summed E-state index contributed by atoms with van der Waals surface area (Å²) in [5.74, 6) is 0.0981. The van der Waals surface area contributed by atoms with Crippen LogP contribution < -0.4 is 15.8 Å². The van der Waals surface area contributed by atoms with Crippen molar-refractivity contribution in [3.63, 3.8) is 0 Å². The van der Waals surface area contributed by atoms with Gasteiger partial charge >= 0.3 is 0 Å². The first-order valence-corrected chi connectivity index (χ1v) is 9.58. The van der Waals surface area contributed by atoms with Crippen molar-refractivity contribution in [2.45, 2.75) is 51.7 Å². The number of ether oxygens (including phenoxy) is 1. The van der Waals surface area contributed by atoms with Gasteiger partial charge in [0.1, 0.15) is 18.3 Å². The molecule has 2 aromatic rings. The first-order chi connectivity index (χ1) is 13.4. The smallest absolute Gasteiger partial charge is 0.270 e. The third kappa shape index (κ3) is 5.28. The molecule has 0 saturated heterocycles. The number of nitrogens with one attached hydrogen (secondary N) is 1. The van der Waals surface area contributed by atoms with E-state index in [0.29, 0.717) is 18.2 Å². The molecule has 1 atom stereocenters. The summed E-state index contributed by atoms with van der Waals surface area (Å²) >= 11 is 0. The highest BCUT2D eigenvalue weighted by atomic mass is 16.5. The Hall–Kier alpha value is -2.96. The lowest BCUT2D eigenvalue weighted by Crippen LogP contribution is -2.45. The maximum Gasteiger partial charge on any atom is 0.270 e. The molecule has 1 fully saturated rings. The zero-order chi connectivity index (χ0) is 20.1. The molecule has 2 heterocycles. The molecule has 28 heavy (non-hydrogen) atoms. The minimum Gasteiger partial charge on any atom is -0.471 e. The third-order valence-electron chi connectivity index (χ3n) is 4.58. The van der Waals surface area contributed by atoms with Gasteiger partial charge in [-0.2, -0.15) is 0 Å². The van der Waals surface area contributed by atoms with Crippen LogP contribution in [0.2, 0.25) is 0 Å². The van der Waals surface area contributed by atoms with Crippen LogP contribution in [0.3, 0.4) is 0 Å². The molecule has 0 spiro atoms. The van der Waals surface area contributed by atoms with Crippen LogP contribution in [0.4, 0.5) is 0 Å². The van der Waals surface area contributed by atoms with Crippen LogP contribution in [-0.2, 0) is 11.4 Å². The minimum absolute atomic E-state index is 0.204. The second-order valence-corrected chi connectivity index (χ2v) is 7.53. The second-order valence-electron chi connectivity index (χ2n) is 7.53. The molecule has 1 saturated carbocycles. The number of aromatic nitrogens is 2. The Kier molecular flexibility index (Phi) is 6.23. The van der Waals surface area contributed by atoms with E-state index in [1.807, 2.05) is 38.1 Å². The van der Waals surface area contributed by atoms with Gasteiger partial charge in [-0.1, -0.05) is 26.0 Å². The zero-order valence-corrected chi connectivity index (χ0v) is 16.2. The van der Waals surface area contributed by atoms with E-state index in [1.54, 1.807) is 12.3 Å². The van der Waals surface area contributed by atoms with Crippen LogP contribution in [0.1, 0.15) is 60.8 Å². The lowest BCUT2D eigenvalue weighted by atomic mass is 10.0. The molecule has 1 aliphatic rings. The van der Waals surface area contributed by atoms with Crippen molar-refractivity contribution in [2.75, 3.05) is 0 Å². The number of hydrogen-bond donors (Lipinski definition) is 2. The number of carbonyl (C=O) groups excluding carboxylic acids is 2. The fourth-order valence-electron chi connectivity index (χ4n) is 2.97. The molecule has 0 unspecified atom stereocenters. The summed E-state index contributed by atoms with van der Waals surface area (Å²) in [4.78, 5) is 32.9. The number of pyridine rings is 2. The van der Waals surface area contributed by atoms with E-state index >= 15 is 0 Å². The highest BCUT2D eigenvalue weighted by Gasteiger charge is 2.29. The first-order valence-electron chi connectivity index (χ1n) is 9.58. The number of carbonyl (C=O) groups is 2. The van der Waals surface area contributed by atoms with Crippen LogP contribution in [0.25, 0.3) is 0 Å². The second kappa shape index (κ2) is 8.82. The molecule has 2 amide bonds. The van der Waals surface area contributed by atoms with Crippen molar-refractivity contribution in [3.05, 3.63) is 53.5 Å². The number of primary amides is 1. The Morgan fingerprint density at radius 2 is 2.04 bits per heavy atom. The average molecular weight is 382 g/mol. The lowest BCUT2D eigenvalue weighted by molar-refractivity contribution is -0.120. The predicted molar refractivity (Wildman–Crippen MR) is 105 cm³/mol. The van der Waals surface area contributed by atoms with Crippen LogP contribution in [0.15, 0.2) is 36.5 Å². The Labute approximate surface area is 164 Å². The molecule has 148 valence electrons. The summed E-state index contributed by atoms with van der Waals surface area (Å²) in [5.41, 5.74) is 7.41. The molecule has 1 aliphatic carbocycles. The summed E-state index contributed by atoms with van der Waals surface area (Å²) in [7, 11) is 0. The summed E-state index contributed by atoms with van der Waals surface area (Å²) in [6, 6.07) is 8.43. The Morgan fingerprint density at radius 1 is 1.25 bits per heavy atom. The summed E-state index contributed by atoms with van der Waals surface area (Å²) in [6.07, 6.45) is 4.36. The summed E-state index contributed by atoms with van der Waals surface area (Å²) < 4.78 is 5.89. The Bertz CT molecular complexity index is 835. The highest BCUT2D eigenvalue weighted by Crippen LogP contribution is 2.43. The molecule has 2 aromatic heterocycles. The number of hydrogen-bond acceptors (Lipinski definition) is 5. The molecule has 0 radical (unpaired) electrons. The highest BCUT2D eigenvalue weighted by molar-refractivity contribution is 5.96.